The van der Waals surface area contributed by atoms with Gasteiger partial charge < -0.3 is 10.4 Å². The van der Waals surface area contributed by atoms with E-state index in [9.17, 15) is 5.11 Å². The molecule has 108 valence electrons. The van der Waals surface area contributed by atoms with Crippen LogP contribution in [0.15, 0.2) is 12.1 Å². The Hall–Kier alpha value is -1.02. The highest BCUT2D eigenvalue weighted by Crippen LogP contribution is 2.22. The zero-order valence-corrected chi connectivity index (χ0v) is 12.9. The topological polar surface area (TPSA) is 32.3 Å². The lowest BCUT2D eigenvalue weighted by molar-refractivity contribution is 0.464. The van der Waals surface area contributed by atoms with Gasteiger partial charge in [0.05, 0.1) is 0 Å². The summed E-state index contributed by atoms with van der Waals surface area (Å²) in [6, 6.07) is 4.70. The second-order valence-corrected chi connectivity index (χ2v) is 5.71. The first-order chi connectivity index (χ1) is 9.04. The van der Waals surface area contributed by atoms with E-state index < -0.39 is 0 Å². The molecule has 0 radical (unpaired) electrons. The quantitative estimate of drug-likeness (QED) is 0.679. The summed E-state index contributed by atoms with van der Waals surface area (Å²) in [4.78, 5) is 0. The maximum absolute atomic E-state index is 9.75. The van der Waals surface area contributed by atoms with Crippen LogP contribution in [-0.2, 0) is 6.54 Å². The molecular weight excluding hydrogens is 234 g/mol. The number of benzene rings is 1. The fraction of sp³-hybridized carbons (Fsp3) is 0.647. The van der Waals surface area contributed by atoms with Crippen molar-refractivity contribution in [3.05, 3.63) is 28.8 Å². The average molecular weight is 263 g/mol. The Morgan fingerprint density at radius 3 is 2.32 bits per heavy atom. The molecular formula is C17H29NO. The Labute approximate surface area is 118 Å². The smallest absolute Gasteiger partial charge is 0.121 e. The van der Waals surface area contributed by atoms with Gasteiger partial charge in [-0.2, -0.15) is 0 Å². The van der Waals surface area contributed by atoms with E-state index in [0.29, 0.717) is 11.8 Å². The summed E-state index contributed by atoms with van der Waals surface area (Å²) in [5.41, 5.74) is 3.19. The third-order valence-electron chi connectivity index (χ3n) is 3.70. The number of aromatic hydroxyl groups is 1. The van der Waals surface area contributed by atoms with Crippen molar-refractivity contribution in [3.63, 3.8) is 0 Å². The van der Waals surface area contributed by atoms with E-state index in [1.165, 1.54) is 37.7 Å². The van der Waals surface area contributed by atoms with E-state index >= 15 is 0 Å². The number of aryl methyl sites for hydroxylation is 2. The van der Waals surface area contributed by atoms with Gasteiger partial charge in [-0.25, -0.2) is 0 Å². The fourth-order valence-corrected chi connectivity index (χ4v) is 2.42. The van der Waals surface area contributed by atoms with Crippen LogP contribution in [0.2, 0.25) is 0 Å². The Balaban J connectivity index is 2.36. The monoisotopic (exact) mass is 263 g/mol. The van der Waals surface area contributed by atoms with Crippen molar-refractivity contribution in [1.29, 1.82) is 0 Å². The molecule has 1 atom stereocenters. The summed E-state index contributed by atoms with van der Waals surface area (Å²) in [7, 11) is 0. The van der Waals surface area contributed by atoms with Crippen LogP contribution >= 0.6 is 0 Å². The van der Waals surface area contributed by atoms with Crippen LogP contribution < -0.4 is 5.32 Å². The highest BCUT2D eigenvalue weighted by molar-refractivity contribution is 5.42. The van der Waals surface area contributed by atoms with Crippen LogP contribution in [-0.4, -0.2) is 11.1 Å². The van der Waals surface area contributed by atoms with Gasteiger partial charge in [0.1, 0.15) is 5.75 Å². The van der Waals surface area contributed by atoms with Crippen molar-refractivity contribution in [2.24, 2.45) is 0 Å². The minimum absolute atomic E-state index is 0.427. The standard InChI is InChI=1S/C17H29NO/c1-5-6-7-8-9-15(4)18-12-16-10-13(2)17(19)14(3)11-16/h10-11,15,18-19H,5-9,12H2,1-4H3. The lowest BCUT2D eigenvalue weighted by Gasteiger charge is -2.15. The van der Waals surface area contributed by atoms with Crippen LogP contribution in [0.5, 0.6) is 5.75 Å². The number of phenols is 1. The van der Waals surface area contributed by atoms with Crippen molar-refractivity contribution in [1.82, 2.24) is 5.32 Å². The van der Waals surface area contributed by atoms with Gasteiger partial charge in [0, 0.05) is 12.6 Å². The Morgan fingerprint density at radius 1 is 1.11 bits per heavy atom. The molecule has 2 heteroatoms. The number of hydrogen-bond donors (Lipinski definition) is 2. The summed E-state index contributed by atoms with van der Waals surface area (Å²) < 4.78 is 0. The average Bonchev–Trinajstić information content (AvgIpc) is 2.38. The maximum Gasteiger partial charge on any atom is 0.121 e. The molecule has 0 saturated carbocycles. The molecule has 0 bridgehead atoms. The van der Waals surface area contributed by atoms with E-state index in [1.807, 2.05) is 13.8 Å². The molecule has 1 aromatic rings. The molecule has 0 aliphatic heterocycles. The molecule has 0 aromatic heterocycles. The highest BCUT2D eigenvalue weighted by atomic mass is 16.3. The molecule has 0 heterocycles. The van der Waals surface area contributed by atoms with E-state index in [0.717, 1.165) is 17.7 Å². The second kappa shape index (κ2) is 8.21. The zero-order valence-electron chi connectivity index (χ0n) is 12.9. The third kappa shape index (κ3) is 5.65. The van der Waals surface area contributed by atoms with Gasteiger partial charge in [-0.3, -0.25) is 0 Å². The SMILES string of the molecule is CCCCCCC(C)NCc1cc(C)c(O)c(C)c1. The second-order valence-electron chi connectivity index (χ2n) is 5.71. The molecule has 1 unspecified atom stereocenters. The summed E-state index contributed by atoms with van der Waals surface area (Å²) in [5.74, 6) is 0.427. The normalized spacial score (nSPS) is 12.6. The first kappa shape index (κ1) is 16.0. The minimum Gasteiger partial charge on any atom is -0.507 e. The van der Waals surface area contributed by atoms with Gasteiger partial charge in [0.15, 0.2) is 0 Å². The van der Waals surface area contributed by atoms with E-state index in [-0.39, 0.29) is 0 Å². The largest absolute Gasteiger partial charge is 0.507 e. The lowest BCUT2D eigenvalue weighted by Crippen LogP contribution is -2.25. The Bertz CT molecular complexity index is 364. The predicted molar refractivity (Wildman–Crippen MR) is 82.6 cm³/mol. The van der Waals surface area contributed by atoms with Gasteiger partial charge in [-0.15, -0.1) is 0 Å². The molecule has 1 rings (SSSR count). The first-order valence-electron chi connectivity index (χ1n) is 7.57. The molecule has 0 saturated heterocycles. The number of phenolic OH excluding ortho intramolecular Hbond substituents is 1. The fourth-order valence-electron chi connectivity index (χ4n) is 2.42. The maximum atomic E-state index is 9.75. The van der Waals surface area contributed by atoms with Crippen LogP contribution in [0, 0.1) is 13.8 Å². The Morgan fingerprint density at radius 2 is 1.74 bits per heavy atom. The van der Waals surface area contributed by atoms with E-state index in [4.69, 9.17) is 0 Å². The predicted octanol–water partition coefficient (Wildman–Crippen LogP) is 4.46. The summed E-state index contributed by atoms with van der Waals surface area (Å²) in [6.45, 7) is 9.31. The molecule has 0 amide bonds. The van der Waals surface area contributed by atoms with Crippen molar-refractivity contribution < 1.29 is 5.11 Å². The van der Waals surface area contributed by atoms with Crippen LogP contribution in [0.3, 0.4) is 0 Å². The van der Waals surface area contributed by atoms with Crippen LogP contribution in [0.25, 0.3) is 0 Å². The zero-order chi connectivity index (χ0) is 14.3. The molecule has 0 spiro atoms. The highest BCUT2D eigenvalue weighted by Gasteiger charge is 2.05. The van der Waals surface area contributed by atoms with Gasteiger partial charge in [0.2, 0.25) is 0 Å². The van der Waals surface area contributed by atoms with Crippen molar-refractivity contribution in [3.8, 4) is 5.75 Å². The van der Waals surface area contributed by atoms with E-state index in [2.05, 4.69) is 31.3 Å². The summed E-state index contributed by atoms with van der Waals surface area (Å²) in [6.07, 6.45) is 6.56. The van der Waals surface area contributed by atoms with Crippen molar-refractivity contribution in [2.45, 2.75) is 72.4 Å². The molecule has 2 N–H and O–H groups in total. The van der Waals surface area contributed by atoms with Crippen molar-refractivity contribution in [2.75, 3.05) is 0 Å². The summed E-state index contributed by atoms with van der Waals surface area (Å²) >= 11 is 0. The van der Waals surface area contributed by atoms with Gasteiger partial charge >= 0.3 is 0 Å². The third-order valence-corrected chi connectivity index (χ3v) is 3.70. The van der Waals surface area contributed by atoms with Gasteiger partial charge in [-0.1, -0.05) is 44.7 Å². The molecule has 1 aromatic carbocycles. The van der Waals surface area contributed by atoms with Crippen LogP contribution in [0.4, 0.5) is 0 Å². The molecule has 2 nitrogen and oxygen atoms in total. The van der Waals surface area contributed by atoms with Gasteiger partial charge in [-0.05, 0) is 43.9 Å². The van der Waals surface area contributed by atoms with E-state index in [1.54, 1.807) is 0 Å². The molecule has 0 aliphatic rings. The minimum atomic E-state index is 0.427. The molecule has 19 heavy (non-hydrogen) atoms. The number of rotatable bonds is 8. The molecule has 0 aliphatic carbocycles. The number of hydrogen-bond acceptors (Lipinski definition) is 2. The van der Waals surface area contributed by atoms with Crippen LogP contribution in [0.1, 0.15) is 62.6 Å². The number of nitrogens with one attached hydrogen (secondary N) is 1. The lowest BCUT2D eigenvalue weighted by atomic mass is 10.0. The summed E-state index contributed by atoms with van der Waals surface area (Å²) in [5, 5.41) is 13.3. The first-order valence-corrected chi connectivity index (χ1v) is 7.57. The molecule has 0 fully saturated rings. The van der Waals surface area contributed by atoms with Gasteiger partial charge in [0.25, 0.3) is 0 Å². The number of unbranched alkanes of at least 4 members (excludes halogenated alkanes) is 3. The van der Waals surface area contributed by atoms with Crippen molar-refractivity contribution >= 4 is 0 Å². The Kier molecular flexibility index (Phi) is 6.93.